The molecule has 3 nitrogen and oxygen atoms in total. The minimum absolute atomic E-state index is 0.107. The summed E-state index contributed by atoms with van der Waals surface area (Å²) in [6.07, 6.45) is 1.90. The van der Waals surface area contributed by atoms with E-state index in [0.717, 1.165) is 12.8 Å². The normalized spacial score (nSPS) is 30.6. The predicted octanol–water partition coefficient (Wildman–Crippen LogP) is 2.25. The van der Waals surface area contributed by atoms with Gasteiger partial charge in [0.05, 0.1) is 5.41 Å². The molecular weight excluding hydrogens is 212 g/mol. The van der Waals surface area contributed by atoms with E-state index < -0.39 is 0 Å². The molecule has 17 heavy (non-hydrogen) atoms. The smallest absolute Gasteiger partial charge is 0.230 e. The van der Waals surface area contributed by atoms with Crippen molar-refractivity contribution in [3.05, 3.63) is 0 Å². The SMILES string of the molecule is CC1CC(CN)(C(=O)N(C)C(C)C(C)(C)C)C1. The molecule has 1 aliphatic rings. The van der Waals surface area contributed by atoms with E-state index in [2.05, 4.69) is 34.6 Å². The molecule has 0 bridgehead atoms. The summed E-state index contributed by atoms with van der Waals surface area (Å²) >= 11 is 0. The summed E-state index contributed by atoms with van der Waals surface area (Å²) in [5.74, 6) is 0.876. The molecule has 1 rings (SSSR count). The van der Waals surface area contributed by atoms with Crippen LogP contribution in [-0.2, 0) is 4.79 Å². The lowest BCUT2D eigenvalue weighted by molar-refractivity contribution is -0.152. The third-order valence-electron chi connectivity index (χ3n) is 4.48. The third-order valence-corrected chi connectivity index (χ3v) is 4.48. The van der Waals surface area contributed by atoms with Crippen LogP contribution in [0.15, 0.2) is 0 Å². The van der Waals surface area contributed by atoms with Gasteiger partial charge >= 0.3 is 0 Å². The molecule has 0 aliphatic heterocycles. The fraction of sp³-hybridized carbons (Fsp3) is 0.929. The molecule has 1 saturated carbocycles. The zero-order valence-electron chi connectivity index (χ0n) is 12.2. The molecule has 1 fully saturated rings. The number of carbonyl (C=O) groups excluding carboxylic acids is 1. The minimum atomic E-state index is -0.270. The molecule has 0 spiro atoms. The number of rotatable bonds is 3. The molecule has 100 valence electrons. The van der Waals surface area contributed by atoms with Gasteiger partial charge in [-0.15, -0.1) is 0 Å². The van der Waals surface area contributed by atoms with Gasteiger partial charge in [-0.3, -0.25) is 4.79 Å². The van der Waals surface area contributed by atoms with Gasteiger partial charge in [-0.05, 0) is 31.1 Å². The number of amides is 1. The molecule has 2 N–H and O–H groups in total. The van der Waals surface area contributed by atoms with Crippen LogP contribution in [0.5, 0.6) is 0 Å². The van der Waals surface area contributed by atoms with Gasteiger partial charge in [0.2, 0.25) is 5.91 Å². The standard InChI is InChI=1S/C14H28N2O/c1-10-7-14(8-10,9-15)12(17)16(6)11(2)13(3,4)5/h10-11H,7-9,15H2,1-6H3. The fourth-order valence-corrected chi connectivity index (χ4v) is 2.83. The van der Waals surface area contributed by atoms with Crippen LogP contribution in [0, 0.1) is 16.7 Å². The van der Waals surface area contributed by atoms with E-state index in [1.165, 1.54) is 0 Å². The van der Waals surface area contributed by atoms with Crippen molar-refractivity contribution in [3.8, 4) is 0 Å². The van der Waals surface area contributed by atoms with Crippen LogP contribution >= 0.6 is 0 Å². The summed E-state index contributed by atoms with van der Waals surface area (Å²) in [6, 6.07) is 0.231. The Balaban J connectivity index is 2.76. The zero-order chi connectivity index (χ0) is 13.4. The Morgan fingerprint density at radius 1 is 1.47 bits per heavy atom. The summed E-state index contributed by atoms with van der Waals surface area (Å²) in [7, 11) is 1.92. The van der Waals surface area contributed by atoms with Crippen LogP contribution < -0.4 is 5.73 Å². The summed E-state index contributed by atoms with van der Waals surface area (Å²) in [6.45, 7) is 11.3. The molecule has 1 aliphatic carbocycles. The van der Waals surface area contributed by atoms with Crippen molar-refractivity contribution < 1.29 is 4.79 Å². The van der Waals surface area contributed by atoms with Gasteiger partial charge in [0.25, 0.3) is 0 Å². The highest BCUT2D eigenvalue weighted by atomic mass is 16.2. The van der Waals surface area contributed by atoms with Gasteiger partial charge in [0.15, 0.2) is 0 Å². The monoisotopic (exact) mass is 240 g/mol. The van der Waals surface area contributed by atoms with Gasteiger partial charge in [-0.2, -0.15) is 0 Å². The molecule has 1 atom stereocenters. The molecule has 0 saturated heterocycles. The molecule has 0 aromatic rings. The molecule has 1 amide bonds. The van der Waals surface area contributed by atoms with Gasteiger partial charge < -0.3 is 10.6 Å². The molecule has 0 heterocycles. The Labute approximate surface area is 106 Å². The summed E-state index contributed by atoms with van der Waals surface area (Å²) in [5, 5.41) is 0. The number of nitrogens with zero attached hydrogens (tertiary/aromatic N) is 1. The maximum absolute atomic E-state index is 12.6. The first-order valence-corrected chi connectivity index (χ1v) is 6.61. The van der Waals surface area contributed by atoms with Gasteiger partial charge in [-0.1, -0.05) is 27.7 Å². The van der Waals surface area contributed by atoms with Crippen LogP contribution in [0.1, 0.15) is 47.5 Å². The van der Waals surface area contributed by atoms with Crippen LogP contribution in [-0.4, -0.2) is 30.4 Å². The van der Waals surface area contributed by atoms with E-state index >= 15 is 0 Å². The topological polar surface area (TPSA) is 46.3 Å². The minimum Gasteiger partial charge on any atom is -0.342 e. The maximum Gasteiger partial charge on any atom is 0.230 e. The van der Waals surface area contributed by atoms with E-state index in [1.54, 1.807) is 0 Å². The van der Waals surface area contributed by atoms with Crippen LogP contribution in [0.4, 0.5) is 0 Å². The van der Waals surface area contributed by atoms with Crippen molar-refractivity contribution in [1.82, 2.24) is 4.90 Å². The first-order valence-electron chi connectivity index (χ1n) is 6.61. The van der Waals surface area contributed by atoms with Crippen molar-refractivity contribution in [2.45, 2.75) is 53.5 Å². The molecular formula is C14H28N2O. The average molecular weight is 240 g/mol. The molecule has 0 aromatic heterocycles. The number of hydrogen-bond acceptors (Lipinski definition) is 2. The Hall–Kier alpha value is -0.570. The largest absolute Gasteiger partial charge is 0.342 e. The fourth-order valence-electron chi connectivity index (χ4n) is 2.83. The second-order valence-corrected chi connectivity index (χ2v) is 6.96. The summed E-state index contributed by atoms with van der Waals surface area (Å²) in [4.78, 5) is 14.5. The van der Waals surface area contributed by atoms with E-state index in [0.29, 0.717) is 12.5 Å². The van der Waals surface area contributed by atoms with Crippen LogP contribution in [0.2, 0.25) is 0 Å². The maximum atomic E-state index is 12.6. The first-order chi connectivity index (χ1) is 7.64. The Morgan fingerprint density at radius 2 is 1.94 bits per heavy atom. The van der Waals surface area contributed by atoms with Gasteiger partial charge in [0, 0.05) is 19.6 Å². The lowest BCUT2D eigenvalue weighted by atomic mass is 9.61. The quantitative estimate of drug-likeness (QED) is 0.822. The molecule has 3 heteroatoms. The van der Waals surface area contributed by atoms with Crippen LogP contribution in [0.25, 0.3) is 0 Å². The third kappa shape index (κ3) is 2.65. The Kier molecular flexibility index (Phi) is 3.92. The van der Waals surface area contributed by atoms with Crippen molar-refractivity contribution in [2.24, 2.45) is 22.5 Å². The summed E-state index contributed by atoms with van der Waals surface area (Å²) in [5.41, 5.74) is 5.67. The molecule has 0 radical (unpaired) electrons. The number of carbonyl (C=O) groups is 1. The van der Waals surface area contributed by atoms with E-state index in [4.69, 9.17) is 5.73 Å². The summed E-state index contributed by atoms with van der Waals surface area (Å²) < 4.78 is 0. The lowest BCUT2D eigenvalue weighted by Gasteiger charge is -2.48. The predicted molar refractivity (Wildman–Crippen MR) is 71.6 cm³/mol. The highest BCUT2D eigenvalue weighted by molar-refractivity contribution is 5.84. The van der Waals surface area contributed by atoms with E-state index in [9.17, 15) is 4.79 Å². The van der Waals surface area contributed by atoms with Gasteiger partial charge in [0.1, 0.15) is 0 Å². The molecule has 1 unspecified atom stereocenters. The van der Waals surface area contributed by atoms with Crippen molar-refractivity contribution >= 4 is 5.91 Å². The Morgan fingerprint density at radius 3 is 2.24 bits per heavy atom. The van der Waals surface area contributed by atoms with Crippen molar-refractivity contribution in [3.63, 3.8) is 0 Å². The highest BCUT2D eigenvalue weighted by Crippen LogP contribution is 2.46. The van der Waals surface area contributed by atoms with Crippen LogP contribution in [0.3, 0.4) is 0 Å². The van der Waals surface area contributed by atoms with E-state index in [1.807, 2.05) is 11.9 Å². The second-order valence-electron chi connectivity index (χ2n) is 6.96. The molecule has 0 aromatic carbocycles. The lowest BCUT2D eigenvalue weighted by Crippen LogP contribution is -2.57. The van der Waals surface area contributed by atoms with E-state index in [-0.39, 0.29) is 22.8 Å². The Bertz CT molecular complexity index is 287. The average Bonchev–Trinajstić information content (AvgIpc) is 2.20. The van der Waals surface area contributed by atoms with Gasteiger partial charge in [-0.25, -0.2) is 0 Å². The van der Waals surface area contributed by atoms with Crippen molar-refractivity contribution in [1.29, 1.82) is 0 Å². The first kappa shape index (κ1) is 14.5. The number of nitrogens with two attached hydrogens (primary N) is 1. The second kappa shape index (κ2) is 4.60. The number of hydrogen-bond donors (Lipinski definition) is 1. The highest BCUT2D eigenvalue weighted by Gasteiger charge is 2.49. The van der Waals surface area contributed by atoms with Crippen molar-refractivity contribution in [2.75, 3.05) is 13.6 Å². The zero-order valence-corrected chi connectivity index (χ0v) is 12.2.